The van der Waals surface area contributed by atoms with Crippen molar-refractivity contribution in [2.75, 3.05) is 0 Å². The van der Waals surface area contributed by atoms with Crippen LogP contribution < -0.4 is 5.32 Å². The van der Waals surface area contributed by atoms with Gasteiger partial charge >= 0.3 is 0 Å². The predicted molar refractivity (Wildman–Crippen MR) is 78.3 cm³/mol. The second-order valence-corrected chi connectivity index (χ2v) is 4.34. The van der Waals surface area contributed by atoms with Gasteiger partial charge in [-0.05, 0) is 26.8 Å². The quantitative estimate of drug-likeness (QED) is 0.884. The van der Waals surface area contributed by atoms with Gasteiger partial charge in [-0.25, -0.2) is 0 Å². The van der Waals surface area contributed by atoms with Gasteiger partial charge in [-0.1, -0.05) is 0 Å². The highest BCUT2D eigenvalue weighted by atomic mass is 35.5. The first-order valence-corrected chi connectivity index (χ1v) is 6.49. The number of halogens is 1. The standard InChI is InChI=1S/C13H21N5.ClH/c1-4-17-10-12(11(3)16-17)8-14-9-13-6-7-15-18(13)5-2;/h6-7,10,14H,4-5,8-9H2,1-3H3;1H. The highest BCUT2D eigenvalue weighted by Crippen LogP contribution is 2.06. The lowest BCUT2D eigenvalue weighted by atomic mass is 10.2. The van der Waals surface area contributed by atoms with E-state index in [0.29, 0.717) is 0 Å². The van der Waals surface area contributed by atoms with Crippen LogP contribution in [0.2, 0.25) is 0 Å². The van der Waals surface area contributed by atoms with Gasteiger partial charge in [0.15, 0.2) is 0 Å². The van der Waals surface area contributed by atoms with Crippen LogP contribution in [0.4, 0.5) is 0 Å². The maximum absolute atomic E-state index is 4.44. The van der Waals surface area contributed by atoms with E-state index in [1.807, 2.05) is 15.6 Å². The summed E-state index contributed by atoms with van der Waals surface area (Å²) < 4.78 is 3.98. The first-order valence-electron chi connectivity index (χ1n) is 6.49. The third-order valence-electron chi connectivity index (χ3n) is 3.10. The van der Waals surface area contributed by atoms with E-state index in [0.717, 1.165) is 31.9 Å². The van der Waals surface area contributed by atoms with Crippen molar-refractivity contribution in [3.05, 3.63) is 35.4 Å². The van der Waals surface area contributed by atoms with Crippen molar-refractivity contribution in [3.63, 3.8) is 0 Å². The van der Waals surface area contributed by atoms with Crippen molar-refractivity contribution in [2.45, 2.75) is 47.0 Å². The zero-order chi connectivity index (χ0) is 13.0. The first-order chi connectivity index (χ1) is 8.74. The molecule has 6 heteroatoms. The smallest absolute Gasteiger partial charge is 0.0638 e. The molecule has 0 radical (unpaired) electrons. The van der Waals surface area contributed by atoms with Gasteiger partial charge in [0.25, 0.3) is 0 Å². The van der Waals surface area contributed by atoms with Crippen LogP contribution in [-0.2, 0) is 26.2 Å². The molecule has 106 valence electrons. The Morgan fingerprint density at radius 2 is 2.00 bits per heavy atom. The summed E-state index contributed by atoms with van der Waals surface area (Å²) in [6.45, 7) is 9.78. The fourth-order valence-corrected chi connectivity index (χ4v) is 2.01. The number of hydrogen-bond donors (Lipinski definition) is 1. The first kappa shape index (κ1) is 15.7. The van der Waals surface area contributed by atoms with Gasteiger partial charge in [-0.3, -0.25) is 9.36 Å². The van der Waals surface area contributed by atoms with Gasteiger partial charge in [0.05, 0.1) is 11.4 Å². The molecular weight excluding hydrogens is 262 g/mol. The summed E-state index contributed by atoms with van der Waals surface area (Å²) in [6.07, 6.45) is 3.96. The van der Waals surface area contributed by atoms with Crippen molar-refractivity contribution in [3.8, 4) is 0 Å². The molecule has 19 heavy (non-hydrogen) atoms. The van der Waals surface area contributed by atoms with Gasteiger partial charge < -0.3 is 5.32 Å². The van der Waals surface area contributed by atoms with Crippen molar-refractivity contribution in [1.82, 2.24) is 24.9 Å². The van der Waals surface area contributed by atoms with E-state index in [-0.39, 0.29) is 12.4 Å². The topological polar surface area (TPSA) is 47.7 Å². The Balaban J connectivity index is 0.00000180. The lowest BCUT2D eigenvalue weighted by Crippen LogP contribution is -2.16. The molecule has 0 spiro atoms. The van der Waals surface area contributed by atoms with Gasteiger partial charge in [-0.2, -0.15) is 10.2 Å². The molecule has 2 heterocycles. The number of aryl methyl sites for hydroxylation is 3. The number of aromatic nitrogens is 4. The van der Waals surface area contributed by atoms with E-state index in [9.17, 15) is 0 Å². The van der Waals surface area contributed by atoms with Crippen molar-refractivity contribution >= 4 is 12.4 Å². The normalized spacial score (nSPS) is 10.5. The fourth-order valence-electron chi connectivity index (χ4n) is 2.01. The summed E-state index contributed by atoms with van der Waals surface area (Å²) in [5.74, 6) is 0. The van der Waals surface area contributed by atoms with Crippen molar-refractivity contribution in [1.29, 1.82) is 0 Å². The maximum atomic E-state index is 4.44. The molecule has 0 amide bonds. The lowest BCUT2D eigenvalue weighted by molar-refractivity contribution is 0.580. The Bertz CT molecular complexity index is 503. The third kappa shape index (κ3) is 3.81. The zero-order valence-electron chi connectivity index (χ0n) is 11.8. The van der Waals surface area contributed by atoms with Crippen LogP contribution in [0.5, 0.6) is 0 Å². The molecule has 5 nitrogen and oxygen atoms in total. The van der Waals surface area contributed by atoms with Crippen LogP contribution in [0.25, 0.3) is 0 Å². The highest BCUT2D eigenvalue weighted by molar-refractivity contribution is 5.85. The molecule has 0 aromatic carbocycles. The predicted octanol–water partition coefficient (Wildman–Crippen LogP) is 2.14. The summed E-state index contributed by atoms with van der Waals surface area (Å²) in [5.41, 5.74) is 3.59. The molecule has 0 aliphatic rings. The monoisotopic (exact) mass is 283 g/mol. The number of hydrogen-bond acceptors (Lipinski definition) is 3. The number of nitrogens with zero attached hydrogens (tertiary/aromatic N) is 4. The second-order valence-electron chi connectivity index (χ2n) is 4.34. The van der Waals surface area contributed by atoms with E-state index >= 15 is 0 Å². The summed E-state index contributed by atoms with van der Waals surface area (Å²) in [6, 6.07) is 2.05. The van der Waals surface area contributed by atoms with E-state index in [4.69, 9.17) is 0 Å². The molecule has 0 saturated heterocycles. The molecule has 2 aromatic rings. The zero-order valence-corrected chi connectivity index (χ0v) is 12.6. The molecule has 0 saturated carbocycles. The van der Waals surface area contributed by atoms with Gasteiger partial charge in [0.1, 0.15) is 0 Å². The van der Waals surface area contributed by atoms with Crippen LogP contribution in [0, 0.1) is 6.92 Å². The minimum Gasteiger partial charge on any atom is -0.307 e. The summed E-state index contributed by atoms with van der Waals surface area (Å²) in [4.78, 5) is 0. The Kier molecular flexibility index (Phi) is 6.05. The Hall–Kier alpha value is -1.33. The summed E-state index contributed by atoms with van der Waals surface area (Å²) >= 11 is 0. The molecule has 1 N–H and O–H groups in total. The highest BCUT2D eigenvalue weighted by Gasteiger charge is 2.04. The third-order valence-corrected chi connectivity index (χ3v) is 3.10. The summed E-state index contributed by atoms with van der Waals surface area (Å²) in [7, 11) is 0. The summed E-state index contributed by atoms with van der Waals surface area (Å²) in [5, 5.41) is 12.1. The minimum atomic E-state index is 0. The van der Waals surface area contributed by atoms with Gasteiger partial charge in [-0.15, -0.1) is 12.4 Å². The molecule has 0 unspecified atom stereocenters. The SMILES string of the molecule is CCn1cc(CNCc2ccnn2CC)c(C)n1.Cl. The van der Waals surface area contributed by atoms with Crippen LogP contribution in [0.15, 0.2) is 18.5 Å². The van der Waals surface area contributed by atoms with Crippen LogP contribution in [0.3, 0.4) is 0 Å². The average Bonchev–Trinajstić information content (AvgIpc) is 2.96. The van der Waals surface area contributed by atoms with Crippen molar-refractivity contribution < 1.29 is 0 Å². The molecule has 2 rings (SSSR count). The van der Waals surface area contributed by atoms with E-state index in [1.165, 1.54) is 11.3 Å². The van der Waals surface area contributed by atoms with Crippen LogP contribution >= 0.6 is 12.4 Å². The molecule has 0 bridgehead atoms. The van der Waals surface area contributed by atoms with Crippen molar-refractivity contribution in [2.24, 2.45) is 0 Å². The van der Waals surface area contributed by atoms with Crippen LogP contribution in [0.1, 0.15) is 30.8 Å². The average molecular weight is 284 g/mol. The van der Waals surface area contributed by atoms with E-state index in [1.54, 1.807) is 0 Å². The molecule has 0 aliphatic carbocycles. The van der Waals surface area contributed by atoms with E-state index in [2.05, 4.69) is 48.5 Å². The Morgan fingerprint density at radius 3 is 2.63 bits per heavy atom. The Morgan fingerprint density at radius 1 is 1.21 bits per heavy atom. The maximum Gasteiger partial charge on any atom is 0.0638 e. The minimum absolute atomic E-state index is 0. The fraction of sp³-hybridized carbons (Fsp3) is 0.538. The Labute approximate surface area is 120 Å². The molecule has 0 atom stereocenters. The number of nitrogens with one attached hydrogen (secondary N) is 1. The van der Waals surface area contributed by atoms with Crippen LogP contribution in [-0.4, -0.2) is 19.6 Å². The largest absolute Gasteiger partial charge is 0.307 e. The van der Waals surface area contributed by atoms with Gasteiger partial charge in [0, 0.05) is 44.1 Å². The molecular formula is C13H22ClN5. The molecule has 0 aliphatic heterocycles. The lowest BCUT2D eigenvalue weighted by Gasteiger charge is -2.06. The van der Waals surface area contributed by atoms with E-state index < -0.39 is 0 Å². The molecule has 2 aromatic heterocycles. The number of rotatable bonds is 6. The molecule has 0 fully saturated rings. The second kappa shape index (κ2) is 7.31. The van der Waals surface area contributed by atoms with Gasteiger partial charge in [0.2, 0.25) is 0 Å².